The number of amides is 1. The number of hydrogen-bond donors (Lipinski definition) is 1. The summed E-state index contributed by atoms with van der Waals surface area (Å²) in [6.07, 6.45) is 4.87. The molecule has 0 radical (unpaired) electrons. The molecule has 2 fully saturated rings. The van der Waals surface area contributed by atoms with E-state index in [4.69, 9.17) is 4.74 Å². The summed E-state index contributed by atoms with van der Waals surface area (Å²) in [4.78, 5) is 13.3. The second-order valence-electron chi connectivity index (χ2n) is 9.47. The number of ether oxygens (including phenoxy) is 1. The lowest BCUT2D eigenvalue weighted by Crippen LogP contribution is -2.60. The maximum atomic E-state index is 13.0. The van der Waals surface area contributed by atoms with Crippen molar-refractivity contribution >= 4 is 15.7 Å². The van der Waals surface area contributed by atoms with Crippen LogP contribution in [0.3, 0.4) is 0 Å². The molecular weight excluding hydrogens is 410 g/mol. The molecule has 6 heteroatoms. The van der Waals surface area contributed by atoms with Crippen molar-refractivity contribution in [2.75, 3.05) is 6.26 Å². The quantitative estimate of drug-likeness (QED) is 0.756. The summed E-state index contributed by atoms with van der Waals surface area (Å²) in [5.74, 6) is 0.776. The van der Waals surface area contributed by atoms with Crippen LogP contribution >= 0.6 is 0 Å². The second kappa shape index (κ2) is 8.40. The standard InChI is InChI=1S/C25H31NO4S/c1-17-9-14-21-22(15-17)30-23(18-10-12-20(13-11-18)31(3,28)29)16-25(21,2)26-24(27)19-7-5-4-6-8-19/h4-8,10-13,17,21-23H,9,14-16H2,1-3H3,(H,26,27)/t17-,21-,22-,23-,25-/m1/s1. The molecule has 1 N–H and O–H groups in total. The molecule has 2 aromatic carbocycles. The third-order valence-corrected chi connectivity index (χ3v) is 8.06. The van der Waals surface area contributed by atoms with Crippen molar-refractivity contribution in [2.24, 2.45) is 11.8 Å². The fourth-order valence-corrected chi connectivity index (χ4v) is 5.82. The van der Waals surface area contributed by atoms with Crippen molar-refractivity contribution in [3.8, 4) is 0 Å². The van der Waals surface area contributed by atoms with E-state index in [1.165, 1.54) is 6.26 Å². The van der Waals surface area contributed by atoms with Gasteiger partial charge in [0.2, 0.25) is 0 Å². The van der Waals surface area contributed by atoms with Gasteiger partial charge in [0.1, 0.15) is 0 Å². The van der Waals surface area contributed by atoms with E-state index >= 15 is 0 Å². The number of nitrogens with one attached hydrogen (secondary N) is 1. The first kappa shape index (κ1) is 22.0. The number of benzene rings is 2. The largest absolute Gasteiger partial charge is 0.370 e. The van der Waals surface area contributed by atoms with Crippen LogP contribution in [0.25, 0.3) is 0 Å². The molecule has 1 saturated carbocycles. The van der Waals surface area contributed by atoms with E-state index in [0.717, 1.165) is 24.8 Å². The molecule has 4 rings (SSSR count). The van der Waals surface area contributed by atoms with Gasteiger partial charge in [-0.25, -0.2) is 8.42 Å². The van der Waals surface area contributed by atoms with Crippen molar-refractivity contribution in [2.45, 2.75) is 62.2 Å². The third kappa shape index (κ3) is 4.70. The SMILES string of the molecule is C[C@@H]1CC[C@@H]2[C@@H](C1)O[C@@H](c1ccc(S(C)(=O)=O)cc1)C[C@@]2(C)NC(=O)c1ccccc1. The van der Waals surface area contributed by atoms with Crippen LogP contribution in [0, 0.1) is 11.8 Å². The summed E-state index contributed by atoms with van der Waals surface area (Å²) in [7, 11) is -3.24. The van der Waals surface area contributed by atoms with Crippen LogP contribution in [0.5, 0.6) is 0 Å². The van der Waals surface area contributed by atoms with Gasteiger partial charge in [-0.1, -0.05) is 43.7 Å². The average molecular weight is 442 g/mol. The highest BCUT2D eigenvalue weighted by molar-refractivity contribution is 7.90. The lowest BCUT2D eigenvalue weighted by atomic mass is 9.66. The van der Waals surface area contributed by atoms with E-state index < -0.39 is 15.4 Å². The molecule has 2 aliphatic rings. The Kier molecular flexibility index (Phi) is 5.97. The molecule has 5 nitrogen and oxygen atoms in total. The van der Waals surface area contributed by atoms with Gasteiger partial charge in [0.25, 0.3) is 5.91 Å². The molecule has 0 spiro atoms. The lowest BCUT2D eigenvalue weighted by Gasteiger charge is -2.52. The fourth-order valence-electron chi connectivity index (χ4n) is 5.19. The maximum absolute atomic E-state index is 13.0. The lowest BCUT2D eigenvalue weighted by molar-refractivity contribution is -0.144. The number of sulfone groups is 1. The van der Waals surface area contributed by atoms with Gasteiger partial charge in [-0.2, -0.15) is 0 Å². The normalized spacial score (nSPS) is 30.9. The molecule has 0 unspecified atom stereocenters. The van der Waals surface area contributed by atoms with E-state index in [0.29, 0.717) is 22.8 Å². The van der Waals surface area contributed by atoms with Crippen LogP contribution in [0.1, 0.15) is 61.6 Å². The topological polar surface area (TPSA) is 72.5 Å². The molecule has 1 aliphatic carbocycles. The smallest absolute Gasteiger partial charge is 0.251 e. The molecule has 1 heterocycles. The fraction of sp³-hybridized carbons (Fsp3) is 0.480. The zero-order valence-corrected chi connectivity index (χ0v) is 19.2. The average Bonchev–Trinajstić information content (AvgIpc) is 2.73. The summed E-state index contributed by atoms with van der Waals surface area (Å²) in [6, 6.07) is 16.3. The molecule has 0 aromatic heterocycles. The van der Waals surface area contributed by atoms with Crippen molar-refractivity contribution in [1.82, 2.24) is 5.32 Å². The van der Waals surface area contributed by atoms with Gasteiger partial charge in [-0.05, 0) is 55.5 Å². The highest BCUT2D eigenvalue weighted by atomic mass is 32.2. The summed E-state index contributed by atoms with van der Waals surface area (Å²) in [5.41, 5.74) is 1.20. The minimum atomic E-state index is -3.24. The van der Waals surface area contributed by atoms with Crippen LogP contribution in [-0.4, -0.2) is 32.2 Å². The Bertz CT molecular complexity index is 1030. The molecule has 0 bridgehead atoms. The molecule has 5 atom stereocenters. The van der Waals surface area contributed by atoms with Crippen molar-refractivity contribution < 1.29 is 17.9 Å². The Morgan fingerprint density at radius 3 is 2.39 bits per heavy atom. The molecular formula is C25H31NO4S. The predicted molar refractivity (Wildman–Crippen MR) is 121 cm³/mol. The first-order chi connectivity index (χ1) is 14.7. The van der Waals surface area contributed by atoms with Gasteiger partial charge in [-0.15, -0.1) is 0 Å². The second-order valence-corrected chi connectivity index (χ2v) is 11.5. The van der Waals surface area contributed by atoms with Gasteiger partial charge >= 0.3 is 0 Å². The van der Waals surface area contributed by atoms with Gasteiger partial charge in [0.05, 0.1) is 17.1 Å². The van der Waals surface area contributed by atoms with E-state index in [-0.39, 0.29) is 24.0 Å². The molecule has 31 heavy (non-hydrogen) atoms. The number of carbonyl (C=O) groups excluding carboxylic acids is 1. The van der Waals surface area contributed by atoms with Crippen LogP contribution in [-0.2, 0) is 14.6 Å². The molecule has 2 aromatic rings. The summed E-state index contributed by atoms with van der Waals surface area (Å²) < 4.78 is 30.2. The number of rotatable bonds is 4. The third-order valence-electron chi connectivity index (χ3n) is 6.94. The summed E-state index contributed by atoms with van der Waals surface area (Å²) in [6.45, 7) is 4.39. The van der Waals surface area contributed by atoms with Crippen LogP contribution in [0.4, 0.5) is 0 Å². The first-order valence-electron chi connectivity index (χ1n) is 11.0. The van der Waals surface area contributed by atoms with Crippen LogP contribution in [0.15, 0.2) is 59.5 Å². The van der Waals surface area contributed by atoms with Crippen molar-refractivity contribution in [3.05, 3.63) is 65.7 Å². The molecule has 1 amide bonds. The maximum Gasteiger partial charge on any atom is 0.251 e. The number of carbonyl (C=O) groups is 1. The Morgan fingerprint density at radius 2 is 1.74 bits per heavy atom. The number of hydrogen-bond acceptors (Lipinski definition) is 4. The first-order valence-corrected chi connectivity index (χ1v) is 12.9. The summed E-state index contributed by atoms with van der Waals surface area (Å²) >= 11 is 0. The molecule has 1 saturated heterocycles. The molecule has 1 aliphatic heterocycles. The zero-order chi connectivity index (χ0) is 22.2. The Labute approximate surface area is 185 Å². The highest BCUT2D eigenvalue weighted by Crippen LogP contribution is 2.48. The van der Waals surface area contributed by atoms with Gasteiger partial charge < -0.3 is 10.1 Å². The Morgan fingerprint density at radius 1 is 1.06 bits per heavy atom. The minimum Gasteiger partial charge on any atom is -0.370 e. The van der Waals surface area contributed by atoms with E-state index in [1.807, 2.05) is 42.5 Å². The van der Waals surface area contributed by atoms with Crippen molar-refractivity contribution in [3.63, 3.8) is 0 Å². The monoisotopic (exact) mass is 441 g/mol. The minimum absolute atomic E-state index is 0.0615. The van der Waals surface area contributed by atoms with E-state index in [9.17, 15) is 13.2 Å². The Balaban J connectivity index is 1.62. The van der Waals surface area contributed by atoms with Crippen LogP contribution < -0.4 is 5.32 Å². The predicted octanol–water partition coefficient (Wildman–Crippen LogP) is 4.55. The van der Waals surface area contributed by atoms with Gasteiger partial charge in [0, 0.05) is 29.7 Å². The van der Waals surface area contributed by atoms with E-state index in [1.54, 1.807) is 12.1 Å². The van der Waals surface area contributed by atoms with Crippen LogP contribution in [0.2, 0.25) is 0 Å². The van der Waals surface area contributed by atoms with Gasteiger partial charge in [-0.3, -0.25) is 4.79 Å². The molecule has 166 valence electrons. The van der Waals surface area contributed by atoms with Crippen molar-refractivity contribution in [1.29, 1.82) is 0 Å². The Hall–Kier alpha value is -2.18. The van der Waals surface area contributed by atoms with Gasteiger partial charge in [0.15, 0.2) is 9.84 Å². The number of fused-ring (bicyclic) bond motifs is 1. The summed E-state index contributed by atoms with van der Waals surface area (Å²) in [5, 5.41) is 3.35. The highest BCUT2D eigenvalue weighted by Gasteiger charge is 2.49. The van der Waals surface area contributed by atoms with E-state index in [2.05, 4.69) is 19.2 Å². The zero-order valence-electron chi connectivity index (χ0n) is 18.4.